The van der Waals surface area contributed by atoms with E-state index < -0.39 is 12.8 Å². The highest BCUT2D eigenvalue weighted by Crippen LogP contribution is 2.25. The van der Waals surface area contributed by atoms with Crippen LogP contribution in [0.2, 0.25) is 0 Å². The van der Waals surface area contributed by atoms with Crippen LogP contribution < -0.4 is 9.47 Å². The van der Waals surface area contributed by atoms with Gasteiger partial charge in [-0.15, -0.1) is 0 Å². The molecule has 1 aromatic rings. The fourth-order valence-corrected chi connectivity index (χ4v) is 1.52. The number of alkyl halides is 3. The Balaban J connectivity index is 2.59. The average molecular weight is 292 g/mol. The van der Waals surface area contributed by atoms with Crippen molar-refractivity contribution in [1.29, 1.82) is 0 Å². The van der Waals surface area contributed by atoms with Gasteiger partial charge in [0.15, 0.2) is 5.78 Å². The van der Waals surface area contributed by atoms with E-state index in [2.05, 4.69) is 4.74 Å². The van der Waals surface area contributed by atoms with Crippen LogP contribution in [0.1, 0.15) is 16.8 Å². The Hall–Kier alpha value is -1.76. The van der Waals surface area contributed by atoms with E-state index in [0.717, 1.165) is 0 Å². The normalized spacial score (nSPS) is 11.2. The maximum absolute atomic E-state index is 11.9. The number of benzene rings is 1. The van der Waals surface area contributed by atoms with Crippen LogP contribution in [0.15, 0.2) is 18.2 Å². The van der Waals surface area contributed by atoms with E-state index in [1.807, 2.05) is 0 Å². The van der Waals surface area contributed by atoms with Crippen molar-refractivity contribution in [3.05, 3.63) is 23.8 Å². The Morgan fingerprint density at radius 1 is 1.20 bits per heavy atom. The van der Waals surface area contributed by atoms with E-state index in [1.54, 1.807) is 6.07 Å². The van der Waals surface area contributed by atoms with Gasteiger partial charge in [0, 0.05) is 12.5 Å². The summed E-state index contributed by atoms with van der Waals surface area (Å²) in [4.78, 5) is 11.9. The fourth-order valence-electron chi connectivity index (χ4n) is 1.52. The summed E-state index contributed by atoms with van der Waals surface area (Å²) in [5.41, 5.74) is 0.281. The van der Waals surface area contributed by atoms with Crippen LogP contribution in [0, 0.1) is 0 Å². The predicted molar refractivity (Wildman–Crippen MR) is 65.4 cm³/mol. The summed E-state index contributed by atoms with van der Waals surface area (Å²) in [6.45, 7) is -1.66. The summed E-state index contributed by atoms with van der Waals surface area (Å²) in [6.07, 6.45) is -4.54. The van der Waals surface area contributed by atoms with Gasteiger partial charge in [-0.3, -0.25) is 4.79 Å². The van der Waals surface area contributed by atoms with E-state index >= 15 is 0 Å². The van der Waals surface area contributed by atoms with Gasteiger partial charge in [0.05, 0.1) is 26.4 Å². The van der Waals surface area contributed by atoms with Gasteiger partial charge in [0.25, 0.3) is 0 Å². The van der Waals surface area contributed by atoms with Crippen molar-refractivity contribution in [1.82, 2.24) is 0 Å². The average Bonchev–Trinajstić information content (AvgIpc) is 2.41. The molecular formula is C13H15F3O4. The van der Waals surface area contributed by atoms with Crippen LogP contribution in [-0.4, -0.2) is 39.4 Å². The number of rotatable bonds is 7. The highest BCUT2D eigenvalue weighted by Gasteiger charge is 2.27. The number of hydrogen-bond donors (Lipinski definition) is 0. The number of carbonyl (C=O) groups excluding carboxylic acids is 1. The molecule has 0 aliphatic carbocycles. The SMILES string of the molecule is COc1ccc(C(=O)CCOCC(F)(F)F)c(OC)c1. The van der Waals surface area contributed by atoms with Gasteiger partial charge in [-0.05, 0) is 12.1 Å². The monoisotopic (exact) mass is 292 g/mol. The number of halogens is 3. The molecule has 0 heterocycles. The topological polar surface area (TPSA) is 44.8 Å². The van der Waals surface area contributed by atoms with E-state index in [-0.39, 0.29) is 24.4 Å². The lowest BCUT2D eigenvalue weighted by Gasteiger charge is -2.10. The number of ether oxygens (including phenoxy) is 3. The summed E-state index contributed by atoms with van der Waals surface area (Å²) >= 11 is 0. The molecule has 0 amide bonds. The first kappa shape index (κ1) is 16.3. The first-order valence-electron chi connectivity index (χ1n) is 5.77. The molecule has 4 nitrogen and oxygen atoms in total. The third-order valence-electron chi connectivity index (χ3n) is 2.45. The second-order valence-corrected chi connectivity index (χ2v) is 3.91. The highest BCUT2D eigenvalue weighted by molar-refractivity contribution is 5.98. The molecule has 0 saturated carbocycles. The lowest BCUT2D eigenvalue weighted by Crippen LogP contribution is -2.18. The number of Topliss-reactive ketones (excluding diaryl/α,β-unsaturated/α-hetero) is 1. The lowest BCUT2D eigenvalue weighted by molar-refractivity contribution is -0.173. The number of carbonyl (C=O) groups is 1. The van der Waals surface area contributed by atoms with E-state index in [9.17, 15) is 18.0 Å². The Morgan fingerprint density at radius 2 is 1.90 bits per heavy atom. The van der Waals surface area contributed by atoms with Gasteiger partial charge in [0.2, 0.25) is 0 Å². The molecule has 0 spiro atoms. The highest BCUT2D eigenvalue weighted by atomic mass is 19.4. The minimum absolute atomic E-state index is 0.154. The summed E-state index contributed by atoms with van der Waals surface area (Å²) in [5, 5.41) is 0. The quantitative estimate of drug-likeness (QED) is 0.572. The molecule has 7 heteroatoms. The summed E-state index contributed by atoms with van der Waals surface area (Å²) in [6, 6.07) is 4.61. The van der Waals surface area contributed by atoms with Crippen molar-refractivity contribution in [3.8, 4) is 11.5 Å². The van der Waals surface area contributed by atoms with Gasteiger partial charge < -0.3 is 14.2 Å². The summed E-state index contributed by atoms with van der Waals surface area (Å²) in [7, 11) is 2.87. The van der Waals surface area contributed by atoms with Crippen LogP contribution in [0.5, 0.6) is 11.5 Å². The molecule has 0 bridgehead atoms. The molecule has 1 aromatic carbocycles. The molecule has 0 saturated heterocycles. The first-order chi connectivity index (χ1) is 9.37. The third-order valence-corrected chi connectivity index (χ3v) is 2.45. The maximum Gasteiger partial charge on any atom is 0.411 e. The van der Waals surface area contributed by atoms with Crippen LogP contribution in [-0.2, 0) is 4.74 Å². The van der Waals surface area contributed by atoms with E-state index in [4.69, 9.17) is 9.47 Å². The second-order valence-electron chi connectivity index (χ2n) is 3.91. The Bertz CT molecular complexity index is 457. The standard InChI is InChI=1S/C13H15F3O4/c1-18-9-3-4-10(12(7-9)19-2)11(17)5-6-20-8-13(14,15)16/h3-4,7H,5-6,8H2,1-2H3. The molecule has 1 rings (SSSR count). The van der Waals surface area contributed by atoms with Gasteiger partial charge in [-0.25, -0.2) is 0 Å². The van der Waals surface area contributed by atoms with Crippen molar-refractivity contribution in [2.24, 2.45) is 0 Å². The van der Waals surface area contributed by atoms with E-state index in [1.165, 1.54) is 26.4 Å². The number of ketones is 1. The van der Waals surface area contributed by atoms with Crippen molar-refractivity contribution in [3.63, 3.8) is 0 Å². The lowest BCUT2D eigenvalue weighted by atomic mass is 10.1. The van der Waals surface area contributed by atoms with Crippen molar-refractivity contribution < 1.29 is 32.2 Å². The van der Waals surface area contributed by atoms with Crippen LogP contribution in [0.4, 0.5) is 13.2 Å². The molecule has 0 fully saturated rings. The molecule has 0 aliphatic heterocycles. The zero-order valence-corrected chi connectivity index (χ0v) is 11.1. The molecule has 0 radical (unpaired) electrons. The molecule has 0 aromatic heterocycles. The zero-order valence-electron chi connectivity index (χ0n) is 11.1. The summed E-state index contributed by atoms with van der Waals surface area (Å²) in [5.74, 6) is 0.476. The van der Waals surface area contributed by atoms with Gasteiger partial charge in [-0.2, -0.15) is 13.2 Å². The smallest absolute Gasteiger partial charge is 0.411 e. The molecular weight excluding hydrogens is 277 g/mol. The Morgan fingerprint density at radius 3 is 2.45 bits per heavy atom. The van der Waals surface area contributed by atoms with Gasteiger partial charge in [0.1, 0.15) is 18.1 Å². The molecule has 20 heavy (non-hydrogen) atoms. The van der Waals surface area contributed by atoms with Crippen molar-refractivity contribution in [2.45, 2.75) is 12.6 Å². The largest absolute Gasteiger partial charge is 0.497 e. The fraction of sp³-hybridized carbons (Fsp3) is 0.462. The Kier molecular flexibility index (Phi) is 5.82. The first-order valence-corrected chi connectivity index (χ1v) is 5.77. The third kappa shape index (κ3) is 5.08. The molecule has 0 N–H and O–H groups in total. The Labute approximate surface area is 114 Å². The second kappa shape index (κ2) is 7.14. The number of methoxy groups -OCH3 is 2. The number of hydrogen-bond acceptors (Lipinski definition) is 4. The summed E-state index contributed by atoms with van der Waals surface area (Å²) < 4.78 is 50.0. The van der Waals surface area contributed by atoms with Gasteiger partial charge in [-0.1, -0.05) is 0 Å². The molecule has 0 atom stereocenters. The van der Waals surface area contributed by atoms with Crippen LogP contribution in [0.3, 0.4) is 0 Å². The molecule has 0 unspecified atom stereocenters. The zero-order chi connectivity index (χ0) is 15.2. The van der Waals surface area contributed by atoms with Crippen molar-refractivity contribution >= 4 is 5.78 Å². The van der Waals surface area contributed by atoms with E-state index in [0.29, 0.717) is 11.5 Å². The molecule has 112 valence electrons. The van der Waals surface area contributed by atoms with Crippen LogP contribution >= 0.6 is 0 Å². The predicted octanol–water partition coefficient (Wildman–Crippen LogP) is 2.86. The maximum atomic E-state index is 11.9. The van der Waals surface area contributed by atoms with Gasteiger partial charge >= 0.3 is 6.18 Å². The molecule has 0 aliphatic rings. The van der Waals surface area contributed by atoms with Crippen LogP contribution in [0.25, 0.3) is 0 Å². The minimum atomic E-state index is -4.39. The minimum Gasteiger partial charge on any atom is -0.497 e. The van der Waals surface area contributed by atoms with Crippen molar-refractivity contribution in [2.75, 3.05) is 27.4 Å².